The summed E-state index contributed by atoms with van der Waals surface area (Å²) < 4.78 is 62.6. The number of fused-ring (bicyclic) bond motifs is 2. The van der Waals surface area contributed by atoms with Crippen molar-refractivity contribution >= 4 is 49.9 Å². The third-order valence-corrected chi connectivity index (χ3v) is 9.65. The average molecular weight is 661 g/mol. The van der Waals surface area contributed by atoms with Gasteiger partial charge in [-0.3, -0.25) is 9.69 Å². The van der Waals surface area contributed by atoms with Crippen LogP contribution in [-0.2, 0) is 30.7 Å². The van der Waals surface area contributed by atoms with Crippen LogP contribution >= 0.6 is 11.3 Å². The summed E-state index contributed by atoms with van der Waals surface area (Å²) in [6.07, 6.45) is -1.50. The lowest BCUT2D eigenvalue weighted by molar-refractivity contribution is -0.126. The Morgan fingerprint density at radius 2 is 1.98 bits per heavy atom. The van der Waals surface area contributed by atoms with Gasteiger partial charge in [-0.25, -0.2) is 9.97 Å². The number of carbonyl (C=O) groups excluding carboxylic acids is 1. The van der Waals surface area contributed by atoms with Gasteiger partial charge in [0.25, 0.3) is 0 Å². The number of rotatable bonds is 10. The predicted octanol–water partition coefficient (Wildman–Crippen LogP) is 7.37. The number of nitrogens with zero attached hydrogens (tertiary/aromatic N) is 5. The number of anilines is 2. The van der Waals surface area contributed by atoms with E-state index < -0.39 is 31.1 Å². The minimum atomic E-state index is -4.27. The number of thiophene rings is 1. The van der Waals surface area contributed by atoms with Crippen LogP contribution in [0.1, 0.15) is 44.2 Å². The fourth-order valence-electron chi connectivity index (χ4n) is 6.16. The van der Waals surface area contributed by atoms with Gasteiger partial charge in [0.05, 0.1) is 15.9 Å². The molecule has 0 saturated carbocycles. The molecule has 0 atom stereocenters. The largest absolute Gasteiger partial charge is 0.393 e. The normalized spacial score (nSPS) is 15.2. The van der Waals surface area contributed by atoms with Crippen molar-refractivity contribution < 1.29 is 22.1 Å². The highest BCUT2D eigenvalue weighted by Gasteiger charge is 2.29. The van der Waals surface area contributed by atoms with Crippen LogP contribution in [0.5, 0.6) is 0 Å². The quantitative estimate of drug-likeness (QED) is 0.152. The molecule has 2 aromatic carbocycles. The first-order valence-electron chi connectivity index (χ1n) is 16.7. The number of piperidine rings is 1. The molecule has 1 aliphatic heterocycles. The maximum Gasteiger partial charge on any atom is 0.393 e. The first-order valence-corrected chi connectivity index (χ1v) is 16.1. The molecule has 0 spiro atoms. The van der Waals surface area contributed by atoms with E-state index in [0.717, 1.165) is 65.8 Å². The van der Waals surface area contributed by atoms with Gasteiger partial charge in [-0.05, 0) is 79.3 Å². The van der Waals surface area contributed by atoms with E-state index in [9.17, 15) is 23.2 Å². The van der Waals surface area contributed by atoms with Crippen LogP contribution in [0.25, 0.3) is 21.1 Å². The molecule has 0 unspecified atom stereocenters. The van der Waals surface area contributed by atoms with Gasteiger partial charge in [0.2, 0.25) is 5.91 Å². The smallest absolute Gasteiger partial charge is 0.367 e. The molecule has 6 rings (SSSR count). The maximum atomic E-state index is 12.9. The Balaban J connectivity index is 1.07. The van der Waals surface area contributed by atoms with Gasteiger partial charge in [-0.15, -0.1) is 11.3 Å². The highest BCUT2D eigenvalue weighted by Crippen LogP contribution is 2.33. The summed E-state index contributed by atoms with van der Waals surface area (Å²) in [7, 11) is 0. The predicted molar refractivity (Wildman–Crippen MR) is 179 cm³/mol. The number of likely N-dealkylation sites (tertiary alicyclic amines) is 1. The molecule has 242 valence electrons. The number of nitrogens with one attached hydrogen (secondary N) is 2. The average Bonchev–Trinajstić information content (AvgIpc) is 3.66. The Labute approximate surface area is 278 Å². The lowest BCUT2D eigenvalue weighted by Crippen LogP contribution is -2.39. The Kier molecular flexibility index (Phi) is 8.22. The van der Waals surface area contributed by atoms with Gasteiger partial charge in [0, 0.05) is 53.7 Å². The topological polar surface area (TPSA) is 98.9 Å². The molecule has 8 nitrogen and oxygen atoms in total. The number of benzene rings is 2. The molecule has 1 saturated heterocycles. The van der Waals surface area contributed by atoms with Crippen LogP contribution in [0.15, 0.2) is 67.4 Å². The molecule has 2 N–H and O–H groups in total. The van der Waals surface area contributed by atoms with Crippen molar-refractivity contribution in [1.29, 1.82) is 5.26 Å². The molecule has 0 radical (unpaired) electrons. The second-order valence-corrected chi connectivity index (χ2v) is 12.9. The molecule has 1 fully saturated rings. The van der Waals surface area contributed by atoms with Crippen LogP contribution in [0.3, 0.4) is 0 Å². The van der Waals surface area contributed by atoms with E-state index >= 15 is 0 Å². The number of halogens is 3. The number of nitriles is 1. The van der Waals surface area contributed by atoms with E-state index in [1.165, 1.54) is 11.9 Å². The standard InChI is InChI=1S/C35H34F3N7OS/c1-3-32(46)42-25-7-4-23(5-8-25)10-15-45-27(19-39)16-29-22(2)24(6-9-31(29)45)20-44-13-11-26(12-14-44)43-33-30-17-28(18-35(36,37)38)47-34(30)41-21-40-33/h3-9,16-17,21,26H,1,10-15,18,20H2,2H3,(H,42,46)(H,40,41,43)/i1D2,3D. The number of aromatic nitrogens is 3. The van der Waals surface area contributed by atoms with E-state index in [1.807, 2.05) is 22.8 Å². The molecule has 47 heavy (non-hydrogen) atoms. The maximum absolute atomic E-state index is 12.9. The second kappa shape index (κ2) is 13.6. The van der Waals surface area contributed by atoms with Crippen molar-refractivity contribution in [2.75, 3.05) is 23.7 Å². The summed E-state index contributed by atoms with van der Waals surface area (Å²) in [4.78, 5) is 23.6. The second-order valence-electron chi connectivity index (χ2n) is 11.7. The lowest BCUT2D eigenvalue weighted by atomic mass is 10.0. The van der Waals surface area contributed by atoms with Crippen LogP contribution < -0.4 is 10.6 Å². The summed E-state index contributed by atoms with van der Waals surface area (Å²) in [5, 5.41) is 17.6. The molecule has 1 amide bonds. The summed E-state index contributed by atoms with van der Waals surface area (Å²) in [5.41, 5.74) is 5.32. The Bertz CT molecular complexity index is 2110. The van der Waals surface area contributed by atoms with Crippen LogP contribution in [-0.4, -0.2) is 50.6 Å². The fourth-order valence-corrected chi connectivity index (χ4v) is 7.19. The Morgan fingerprint density at radius 1 is 1.19 bits per heavy atom. The third kappa shape index (κ3) is 7.48. The monoisotopic (exact) mass is 660 g/mol. The van der Waals surface area contributed by atoms with Gasteiger partial charge >= 0.3 is 6.18 Å². The highest BCUT2D eigenvalue weighted by atomic mass is 32.1. The van der Waals surface area contributed by atoms with Gasteiger partial charge in [-0.2, -0.15) is 18.4 Å². The zero-order valence-corrected chi connectivity index (χ0v) is 26.4. The van der Waals surface area contributed by atoms with E-state index in [2.05, 4.69) is 50.6 Å². The van der Waals surface area contributed by atoms with E-state index in [-0.39, 0.29) is 10.9 Å². The van der Waals surface area contributed by atoms with Gasteiger partial charge < -0.3 is 15.2 Å². The van der Waals surface area contributed by atoms with Crippen LogP contribution in [0.2, 0.25) is 0 Å². The number of alkyl halides is 3. The lowest BCUT2D eigenvalue weighted by Gasteiger charge is -2.33. The molecule has 0 aliphatic carbocycles. The number of carbonyl (C=O) groups is 1. The third-order valence-electron chi connectivity index (χ3n) is 8.61. The first-order chi connectivity index (χ1) is 23.9. The zero-order chi connectivity index (χ0) is 35.6. The van der Waals surface area contributed by atoms with Gasteiger partial charge in [0.15, 0.2) is 0 Å². The molecule has 1 aliphatic rings. The minimum Gasteiger partial charge on any atom is -0.367 e. The zero-order valence-electron chi connectivity index (χ0n) is 28.6. The van der Waals surface area contributed by atoms with Gasteiger partial charge in [-0.1, -0.05) is 24.7 Å². The minimum absolute atomic E-state index is 0.139. The molecule has 5 aromatic rings. The van der Waals surface area contributed by atoms with E-state index in [0.29, 0.717) is 40.4 Å². The molecular formula is C35H34F3N7OS. The summed E-state index contributed by atoms with van der Waals surface area (Å²) in [5.74, 6) is -0.236. The van der Waals surface area contributed by atoms with Crippen molar-refractivity contribution in [3.05, 3.63) is 94.7 Å². The molecule has 0 bridgehead atoms. The highest BCUT2D eigenvalue weighted by molar-refractivity contribution is 7.18. The van der Waals surface area contributed by atoms with E-state index in [4.69, 9.17) is 4.11 Å². The van der Waals surface area contributed by atoms with Crippen LogP contribution in [0, 0.1) is 18.3 Å². The molecular weight excluding hydrogens is 623 g/mol. The molecule has 3 aromatic heterocycles. The van der Waals surface area contributed by atoms with Crippen molar-refractivity contribution in [1.82, 2.24) is 19.4 Å². The molecule has 12 heteroatoms. The Morgan fingerprint density at radius 3 is 2.70 bits per heavy atom. The van der Waals surface area contributed by atoms with Gasteiger partial charge in [0.1, 0.15) is 28.7 Å². The fraction of sp³-hybridized carbons (Fsp3) is 0.314. The van der Waals surface area contributed by atoms with Crippen molar-refractivity contribution in [2.24, 2.45) is 0 Å². The SMILES string of the molecule is [2H]C([2H])=C([2H])C(=O)Nc1ccc(CCn2c(C#N)cc3c(C)c(CN4CCC(Nc5ncnc6sc(CC(F)(F)F)cc56)CC4)ccc32)cc1. The Hall–Kier alpha value is -4.73. The van der Waals surface area contributed by atoms with Crippen molar-refractivity contribution in [3.63, 3.8) is 0 Å². The number of hydrogen-bond donors (Lipinski definition) is 2. The summed E-state index contributed by atoms with van der Waals surface area (Å²) in [6, 6.07) is 16.6. The first kappa shape index (κ1) is 28.5. The summed E-state index contributed by atoms with van der Waals surface area (Å²) in [6.45, 7) is 4.25. The number of hydrogen-bond acceptors (Lipinski definition) is 7. The van der Waals surface area contributed by atoms with Crippen molar-refractivity contribution in [3.8, 4) is 6.07 Å². The summed E-state index contributed by atoms with van der Waals surface area (Å²) >= 11 is 1.05. The van der Waals surface area contributed by atoms with E-state index in [1.54, 1.807) is 18.2 Å². The number of aryl methyl sites for hydroxylation is 3. The number of amides is 1. The van der Waals surface area contributed by atoms with Crippen molar-refractivity contribution in [2.45, 2.75) is 57.9 Å². The van der Waals surface area contributed by atoms with Crippen LogP contribution in [0.4, 0.5) is 24.7 Å². The molecule has 4 heterocycles.